The topological polar surface area (TPSA) is 77.7 Å². The van der Waals surface area contributed by atoms with Gasteiger partial charge in [0, 0.05) is 17.7 Å². The number of ether oxygens (including phenoxy) is 2. The minimum absolute atomic E-state index is 0.00268. The van der Waals surface area contributed by atoms with Gasteiger partial charge in [0.05, 0.1) is 26.2 Å². The van der Waals surface area contributed by atoms with Gasteiger partial charge in [0.2, 0.25) is 17.6 Å². The summed E-state index contributed by atoms with van der Waals surface area (Å²) in [7, 11) is 3.21. The van der Waals surface area contributed by atoms with E-state index < -0.39 is 6.04 Å². The van der Waals surface area contributed by atoms with Crippen LogP contribution in [0.5, 0.6) is 11.5 Å². The van der Waals surface area contributed by atoms with Gasteiger partial charge in [0.25, 0.3) is 0 Å². The van der Waals surface area contributed by atoms with Crippen molar-refractivity contribution in [3.63, 3.8) is 0 Å². The van der Waals surface area contributed by atoms with Crippen LogP contribution in [0.2, 0.25) is 0 Å². The van der Waals surface area contributed by atoms with E-state index >= 15 is 0 Å². The van der Waals surface area contributed by atoms with Gasteiger partial charge in [0.15, 0.2) is 0 Å². The fraction of sp³-hybridized carbons (Fsp3) is 0.222. The molecule has 2 heterocycles. The second-order valence-electron chi connectivity index (χ2n) is 8.29. The van der Waals surface area contributed by atoms with E-state index in [9.17, 15) is 9.18 Å². The average molecular weight is 474 g/mol. The van der Waals surface area contributed by atoms with Crippen molar-refractivity contribution < 1.29 is 23.2 Å². The lowest BCUT2D eigenvalue weighted by molar-refractivity contribution is -0.120. The number of aromatic nitrogens is 2. The molecule has 1 amide bonds. The number of piperidine rings is 1. The van der Waals surface area contributed by atoms with Gasteiger partial charge in [-0.2, -0.15) is 4.98 Å². The predicted molar refractivity (Wildman–Crippen MR) is 128 cm³/mol. The molecular formula is C27H24FN3O4. The molecule has 0 spiro atoms. The van der Waals surface area contributed by atoms with Crippen LogP contribution in [0.25, 0.3) is 11.4 Å². The second-order valence-corrected chi connectivity index (χ2v) is 8.29. The molecule has 0 radical (unpaired) electrons. The predicted octanol–water partition coefficient (Wildman–Crippen LogP) is 5.54. The van der Waals surface area contributed by atoms with Gasteiger partial charge in [-0.25, -0.2) is 4.39 Å². The molecule has 1 saturated heterocycles. The van der Waals surface area contributed by atoms with Crippen LogP contribution in [-0.4, -0.2) is 30.3 Å². The Labute approximate surface area is 202 Å². The van der Waals surface area contributed by atoms with Gasteiger partial charge in [-0.3, -0.25) is 4.79 Å². The van der Waals surface area contributed by atoms with Crippen LogP contribution in [0.15, 0.2) is 77.3 Å². The van der Waals surface area contributed by atoms with Crippen molar-refractivity contribution in [2.75, 3.05) is 19.1 Å². The third-order valence-electron chi connectivity index (χ3n) is 6.25. The molecule has 8 heteroatoms. The molecule has 4 aromatic rings. The van der Waals surface area contributed by atoms with Crippen molar-refractivity contribution in [2.24, 2.45) is 0 Å². The van der Waals surface area contributed by atoms with Gasteiger partial charge >= 0.3 is 0 Å². The number of hydrogen-bond acceptors (Lipinski definition) is 6. The second kappa shape index (κ2) is 9.58. The van der Waals surface area contributed by atoms with E-state index in [1.165, 1.54) is 12.1 Å². The zero-order chi connectivity index (χ0) is 24.4. The first-order valence-electron chi connectivity index (χ1n) is 11.3. The molecule has 1 aliphatic heterocycles. The molecule has 178 valence electrons. The van der Waals surface area contributed by atoms with Crippen LogP contribution in [0, 0.1) is 5.82 Å². The van der Waals surface area contributed by atoms with Crippen molar-refractivity contribution in [3.05, 3.63) is 90.1 Å². The molecule has 1 aliphatic rings. The minimum Gasteiger partial charge on any atom is -0.497 e. The third kappa shape index (κ3) is 4.47. The van der Waals surface area contributed by atoms with E-state index in [1.807, 2.05) is 48.5 Å². The first-order chi connectivity index (χ1) is 17.1. The zero-order valence-corrected chi connectivity index (χ0v) is 19.3. The number of halogens is 1. The van der Waals surface area contributed by atoms with Gasteiger partial charge in [-0.1, -0.05) is 29.4 Å². The van der Waals surface area contributed by atoms with E-state index in [0.29, 0.717) is 35.9 Å². The number of nitrogens with zero attached hydrogens (tertiary/aromatic N) is 3. The van der Waals surface area contributed by atoms with Gasteiger partial charge in [-0.05, 0) is 60.5 Å². The molecule has 1 fully saturated rings. The molecule has 0 aliphatic carbocycles. The molecule has 3 aromatic carbocycles. The normalized spacial score (nSPS) is 17.9. The van der Waals surface area contributed by atoms with Crippen molar-refractivity contribution in [1.29, 1.82) is 0 Å². The zero-order valence-electron chi connectivity index (χ0n) is 19.3. The molecule has 1 aromatic heterocycles. The summed E-state index contributed by atoms with van der Waals surface area (Å²) in [6.07, 6.45) is 0.855. The summed E-state index contributed by atoms with van der Waals surface area (Å²) < 4.78 is 30.0. The molecule has 5 rings (SSSR count). The lowest BCUT2D eigenvalue weighted by atomic mass is 9.83. The number of hydrogen-bond donors (Lipinski definition) is 0. The van der Waals surface area contributed by atoms with Crippen LogP contribution >= 0.6 is 0 Å². The number of benzene rings is 3. The number of anilines is 1. The first kappa shape index (κ1) is 22.6. The standard InChI is InChI=1S/C27H24FN3O4/c1-33-21-10-6-17(7-11-21)25-23(27-29-26(30-35-27)18-4-3-5-19(28)16-18)14-15-24(32)31(25)20-8-12-22(34-2)13-9-20/h3-13,16,23,25H,14-15H2,1-2H3. The van der Waals surface area contributed by atoms with E-state index in [2.05, 4.69) is 10.1 Å². The summed E-state index contributed by atoms with van der Waals surface area (Å²) in [6.45, 7) is 0. The van der Waals surface area contributed by atoms with Gasteiger partial charge in [0.1, 0.15) is 17.3 Å². The Morgan fingerprint density at radius 1 is 0.971 bits per heavy atom. The summed E-state index contributed by atoms with van der Waals surface area (Å²) in [4.78, 5) is 19.6. The highest BCUT2D eigenvalue weighted by Gasteiger charge is 2.41. The summed E-state index contributed by atoms with van der Waals surface area (Å²) >= 11 is 0. The highest BCUT2D eigenvalue weighted by molar-refractivity contribution is 5.95. The molecule has 0 N–H and O–H groups in total. The monoisotopic (exact) mass is 473 g/mol. The summed E-state index contributed by atoms with van der Waals surface area (Å²) in [5, 5.41) is 4.10. The Balaban J connectivity index is 1.58. The van der Waals surface area contributed by atoms with Crippen LogP contribution in [0.4, 0.5) is 10.1 Å². The minimum atomic E-state index is -0.392. The van der Waals surface area contributed by atoms with E-state index in [4.69, 9.17) is 14.0 Å². The summed E-state index contributed by atoms with van der Waals surface area (Å²) in [5.41, 5.74) is 2.18. The average Bonchev–Trinajstić information content (AvgIpc) is 3.39. The molecule has 2 unspecified atom stereocenters. The lowest BCUT2D eigenvalue weighted by Crippen LogP contribution is -2.42. The number of carbonyl (C=O) groups is 1. The van der Waals surface area contributed by atoms with E-state index in [-0.39, 0.29) is 17.6 Å². The van der Waals surface area contributed by atoms with E-state index in [1.54, 1.807) is 31.3 Å². The van der Waals surface area contributed by atoms with Crippen molar-refractivity contribution >= 4 is 11.6 Å². The molecule has 35 heavy (non-hydrogen) atoms. The largest absolute Gasteiger partial charge is 0.497 e. The Bertz CT molecular complexity index is 1320. The smallest absolute Gasteiger partial charge is 0.232 e. The SMILES string of the molecule is COc1ccc(C2C(c3nc(-c4cccc(F)c4)no3)CCC(=O)N2c2ccc(OC)cc2)cc1. The highest BCUT2D eigenvalue weighted by atomic mass is 19.1. The highest BCUT2D eigenvalue weighted by Crippen LogP contribution is 2.45. The Kier molecular flexibility index (Phi) is 6.18. The summed E-state index contributed by atoms with van der Waals surface area (Å²) in [5.74, 6) is 1.48. The van der Waals surface area contributed by atoms with Crippen LogP contribution in [-0.2, 0) is 4.79 Å². The Morgan fingerprint density at radius 2 is 1.66 bits per heavy atom. The number of methoxy groups -OCH3 is 2. The maximum Gasteiger partial charge on any atom is 0.232 e. The molecule has 0 bridgehead atoms. The maximum absolute atomic E-state index is 13.7. The van der Waals surface area contributed by atoms with Gasteiger partial charge < -0.3 is 18.9 Å². The molecule has 2 atom stereocenters. The summed E-state index contributed by atoms with van der Waals surface area (Å²) in [6, 6.07) is 20.7. The lowest BCUT2D eigenvalue weighted by Gasteiger charge is -2.40. The number of carbonyl (C=O) groups excluding carboxylic acids is 1. The molecule has 0 saturated carbocycles. The Morgan fingerprint density at radius 3 is 2.31 bits per heavy atom. The maximum atomic E-state index is 13.7. The number of amides is 1. The molecular weight excluding hydrogens is 449 g/mol. The fourth-order valence-corrected chi connectivity index (χ4v) is 4.51. The number of rotatable bonds is 6. The van der Waals surface area contributed by atoms with Crippen molar-refractivity contribution in [1.82, 2.24) is 10.1 Å². The molecule has 7 nitrogen and oxygen atoms in total. The Hall–Kier alpha value is -4.20. The fourth-order valence-electron chi connectivity index (χ4n) is 4.51. The van der Waals surface area contributed by atoms with Crippen LogP contribution in [0.3, 0.4) is 0 Å². The van der Waals surface area contributed by atoms with Crippen molar-refractivity contribution in [3.8, 4) is 22.9 Å². The van der Waals surface area contributed by atoms with Crippen molar-refractivity contribution in [2.45, 2.75) is 24.8 Å². The van der Waals surface area contributed by atoms with Gasteiger partial charge in [-0.15, -0.1) is 0 Å². The van der Waals surface area contributed by atoms with Crippen LogP contribution in [0.1, 0.15) is 36.3 Å². The van der Waals surface area contributed by atoms with Crippen LogP contribution < -0.4 is 14.4 Å². The third-order valence-corrected chi connectivity index (χ3v) is 6.25. The first-order valence-corrected chi connectivity index (χ1v) is 11.3. The van der Waals surface area contributed by atoms with E-state index in [0.717, 1.165) is 17.0 Å². The quantitative estimate of drug-likeness (QED) is 0.366.